The maximum Gasteiger partial charge on any atom is 0.242 e. The number of anilines is 1. The van der Waals surface area contributed by atoms with Gasteiger partial charge in [-0.25, -0.2) is 0 Å². The summed E-state index contributed by atoms with van der Waals surface area (Å²) in [4.78, 5) is 39.3. The van der Waals surface area contributed by atoms with Gasteiger partial charge >= 0.3 is 0 Å². The van der Waals surface area contributed by atoms with Crippen molar-refractivity contribution in [2.24, 2.45) is 0 Å². The molecule has 0 aliphatic carbocycles. The normalized spacial score (nSPS) is 17.0. The second-order valence-electron chi connectivity index (χ2n) is 9.17. The number of benzene rings is 1. The van der Waals surface area contributed by atoms with Gasteiger partial charge in [-0.1, -0.05) is 50.4 Å². The van der Waals surface area contributed by atoms with Crippen molar-refractivity contribution in [3.63, 3.8) is 0 Å². The number of carbonyl (C=O) groups excluding carboxylic acids is 3. The van der Waals surface area contributed by atoms with E-state index in [9.17, 15) is 19.6 Å². The Labute approximate surface area is 259 Å². The summed E-state index contributed by atoms with van der Waals surface area (Å²) in [6.07, 6.45) is 7.89. The number of rotatable bonds is 11. The summed E-state index contributed by atoms with van der Waals surface area (Å²) < 4.78 is 0. The molecule has 2 aliphatic heterocycles. The Hall–Kier alpha value is -3.61. The first-order valence-corrected chi connectivity index (χ1v) is 15.4. The minimum atomic E-state index is -0.345. The molecule has 8 nitrogen and oxygen atoms in total. The number of nitrogens with one attached hydrogen (secondary N) is 2. The molecule has 1 atom stereocenters. The molecule has 2 aliphatic rings. The minimum absolute atomic E-state index is 0. The molecule has 9 heteroatoms. The topological polar surface area (TPSA) is 106 Å². The molecule has 42 heavy (non-hydrogen) atoms. The molecule has 2 fully saturated rings. The molecule has 0 saturated carbocycles. The average molecular weight is 598 g/mol. The summed E-state index contributed by atoms with van der Waals surface area (Å²) in [6.45, 7) is 23.3. The molecule has 2 saturated heterocycles. The summed E-state index contributed by atoms with van der Waals surface area (Å²) in [5.41, 5.74) is 2.37. The number of nitriles is 1. The maximum atomic E-state index is 12.8. The highest BCUT2D eigenvalue weighted by Gasteiger charge is 2.37. The molecular weight excluding hydrogens is 546 g/mol. The molecule has 0 bridgehead atoms. The number of allylic oxidation sites excluding steroid dienone is 2. The van der Waals surface area contributed by atoms with Gasteiger partial charge in [0.2, 0.25) is 11.8 Å². The summed E-state index contributed by atoms with van der Waals surface area (Å²) in [5, 5.41) is 15.6. The summed E-state index contributed by atoms with van der Waals surface area (Å²) in [7, 11) is 0. The van der Waals surface area contributed by atoms with Crippen LogP contribution in [0.5, 0.6) is 0 Å². The monoisotopic (exact) mass is 597 g/mol. The van der Waals surface area contributed by atoms with Crippen molar-refractivity contribution in [3.05, 3.63) is 78.5 Å². The highest BCUT2D eigenvalue weighted by atomic mass is 32.2. The third-order valence-corrected chi connectivity index (χ3v) is 7.40. The minimum Gasteiger partial charge on any atom is -0.383 e. The molecule has 3 rings (SSSR count). The Morgan fingerprint density at radius 3 is 2.45 bits per heavy atom. The Bertz CT molecular complexity index is 1110. The van der Waals surface area contributed by atoms with Gasteiger partial charge in [0.1, 0.15) is 11.0 Å². The molecule has 1 aromatic rings. The molecular formula is C33H51N5O3S. The fraction of sp³-hybridized carbons (Fsp3) is 0.455. The zero-order chi connectivity index (χ0) is 31.9. The lowest BCUT2D eigenvalue weighted by molar-refractivity contribution is -0.127. The molecule has 1 unspecified atom stereocenters. The van der Waals surface area contributed by atoms with Crippen LogP contribution in [0.25, 0.3) is 0 Å². The number of ketones is 1. The van der Waals surface area contributed by atoms with E-state index in [0.717, 1.165) is 24.2 Å². The predicted molar refractivity (Wildman–Crippen MR) is 179 cm³/mol. The van der Waals surface area contributed by atoms with Crippen LogP contribution in [0.1, 0.15) is 60.4 Å². The van der Waals surface area contributed by atoms with E-state index >= 15 is 0 Å². The van der Waals surface area contributed by atoms with Crippen LogP contribution >= 0.6 is 11.8 Å². The second kappa shape index (κ2) is 23.0. The maximum absolute atomic E-state index is 12.8. The second-order valence-corrected chi connectivity index (χ2v) is 10.4. The largest absolute Gasteiger partial charge is 0.383 e. The Kier molecular flexibility index (Phi) is 21.0. The van der Waals surface area contributed by atoms with E-state index in [2.05, 4.69) is 41.3 Å². The van der Waals surface area contributed by atoms with Crippen molar-refractivity contribution in [1.29, 1.82) is 5.26 Å². The number of amides is 2. The van der Waals surface area contributed by atoms with Crippen molar-refractivity contribution < 1.29 is 15.8 Å². The van der Waals surface area contributed by atoms with E-state index in [1.54, 1.807) is 24.0 Å². The molecule has 2 heterocycles. The lowest BCUT2D eigenvalue weighted by Crippen LogP contribution is -2.32. The Balaban J connectivity index is 0. The van der Waals surface area contributed by atoms with Crippen LogP contribution in [0.15, 0.2) is 73.0 Å². The summed E-state index contributed by atoms with van der Waals surface area (Å²) in [5.74, 6) is -0.0538. The SMILES string of the molecule is C=C.C=C/C=C\NC(=O)C/C(C#N)=C1\SC(CNc2cccc(C)c2)C(=O)N1CC.CC.CC(=O)CCN1CCCC1.[HH]. The van der Waals surface area contributed by atoms with Crippen molar-refractivity contribution in [2.75, 3.05) is 38.0 Å². The lowest BCUT2D eigenvalue weighted by atomic mass is 10.2. The predicted octanol–water partition coefficient (Wildman–Crippen LogP) is 6.45. The van der Waals surface area contributed by atoms with Gasteiger partial charge in [0, 0.05) is 39.4 Å². The number of hydrogen-bond donors (Lipinski definition) is 2. The molecule has 0 spiro atoms. The van der Waals surface area contributed by atoms with Gasteiger partial charge in [0.25, 0.3) is 0 Å². The van der Waals surface area contributed by atoms with Crippen molar-refractivity contribution in [1.82, 2.24) is 15.1 Å². The van der Waals surface area contributed by atoms with Gasteiger partial charge in [-0.15, -0.1) is 13.2 Å². The number of hydrogen-bond acceptors (Lipinski definition) is 7. The number of likely N-dealkylation sites (tertiary alicyclic amines) is 1. The number of carbonyl (C=O) groups is 3. The van der Waals surface area contributed by atoms with E-state index < -0.39 is 0 Å². The van der Waals surface area contributed by atoms with Crippen LogP contribution in [0.3, 0.4) is 0 Å². The van der Waals surface area contributed by atoms with E-state index in [4.69, 9.17) is 0 Å². The smallest absolute Gasteiger partial charge is 0.242 e. The van der Waals surface area contributed by atoms with Gasteiger partial charge < -0.3 is 20.4 Å². The molecule has 232 valence electrons. The van der Waals surface area contributed by atoms with Crippen molar-refractivity contribution in [2.45, 2.75) is 65.6 Å². The zero-order valence-corrected chi connectivity index (χ0v) is 26.9. The van der Waals surface area contributed by atoms with Crippen LogP contribution < -0.4 is 10.6 Å². The van der Waals surface area contributed by atoms with Crippen LogP contribution in [-0.4, -0.2) is 65.4 Å². The van der Waals surface area contributed by atoms with Gasteiger partial charge in [0.15, 0.2) is 0 Å². The van der Waals surface area contributed by atoms with Gasteiger partial charge in [-0.2, -0.15) is 5.26 Å². The Morgan fingerprint density at radius 1 is 1.24 bits per heavy atom. The molecule has 0 radical (unpaired) electrons. The molecule has 0 aromatic heterocycles. The fourth-order valence-corrected chi connectivity index (χ4v) is 5.33. The van der Waals surface area contributed by atoms with Gasteiger partial charge in [-0.3, -0.25) is 14.4 Å². The van der Waals surface area contributed by atoms with E-state index in [-0.39, 0.29) is 24.9 Å². The number of Topliss-reactive ketones (excluding diaryl/α,β-unsaturated/α-hetero) is 1. The van der Waals surface area contributed by atoms with Crippen LogP contribution in [0, 0.1) is 18.3 Å². The van der Waals surface area contributed by atoms with Crippen LogP contribution in [0.2, 0.25) is 0 Å². The first-order valence-electron chi connectivity index (χ1n) is 14.5. The van der Waals surface area contributed by atoms with Crippen LogP contribution in [0.4, 0.5) is 5.69 Å². The van der Waals surface area contributed by atoms with E-state index in [1.807, 2.05) is 52.0 Å². The summed E-state index contributed by atoms with van der Waals surface area (Å²) in [6, 6.07) is 10.0. The van der Waals surface area contributed by atoms with E-state index in [1.165, 1.54) is 43.9 Å². The lowest BCUT2D eigenvalue weighted by Gasteiger charge is -2.16. The van der Waals surface area contributed by atoms with Crippen molar-refractivity contribution >= 4 is 35.0 Å². The average Bonchev–Trinajstić information content (AvgIpc) is 3.64. The fourth-order valence-electron chi connectivity index (χ4n) is 4.06. The van der Waals surface area contributed by atoms with Crippen molar-refractivity contribution in [3.8, 4) is 6.07 Å². The zero-order valence-electron chi connectivity index (χ0n) is 26.1. The number of nitrogens with zero attached hydrogens (tertiary/aromatic N) is 3. The molecule has 2 N–H and O–H groups in total. The first kappa shape index (κ1) is 38.4. The summed E-state index contributed by atoms with van der Waals surface area (Å²) >= 11 is 1.33. The quantitative estimate of drug-likeness (QED) is 0.172. The number of thioether (sulfide) groups is 1. The number of aryl methyl sites for hydroxylation is 1. The highest BCUT2D eigenvalue weighted by molar-refractivity contribution is 8.04. The standard InChI is InChI=1S/C21H24N4O2S.C8H15NO.C2H6.C2H4.H2/c1-4-6-10-23-19(26)12-16(13-22)21-25(5-2)20(27)18(28-21)14-24-17-9-7-8-15(3)11-17;1-8(10)4-7-9-5-2-3-6-9;2*1-2;/h4,6-11,18,24H,1,5,12,14H2,2-3H3,(H,23,26);2-7H2,1H3;1-2H3;1-2H2;1H/b10-6-,21-16+;;;;. The molecule has 1 aromatic carbocycles. The van der Waals surface area contributed by atoms with Gasteiger partial charge in [0.05, 0.1) is 23.1 Å². The van der Waals surface area contributed by atoms with Gasteiger partial charge in [-0.05, 0) is 70.5 Å². The van der Waals surface area contributed by atoms with Crippen LogP contribution in [-0.2, 0) is 14.4 Å². The third kappa shape index (κ3) is 14.3. The highest BCUT2D eigenvalue weighted by Crippen LogP contribution is 2.38. The first-order chi connectivity index (χ1) is 20.3. The van der Waals surface area contributed by atoms with E-state index in [0.29, 0.717) is 29.5 Å². The third-order valence-electron chi connectivity index (χ3n) is 6.05. The Morgan fingerprint density at radius 2 is 1.90 bits per heavy atom. The molecule has 2 amide bonds.